The average molecular weight is 243 g/mol. The molecule has 2 aromatic rings. The number of carbonyl (C=O) groups excluding carboxylic acids is 1. The Balaban J connectivity index is 1.75. The Bertz CT molecular complexity index is 535. The monoisotopic (exact) mass is 243 g/mol. The van der Waals surface area contributed by atoms with Crippen LogP contribution in [0.3, 0.4) is 0 Å². The number of hydrogen-bond acceptors (Lipinski definition) is 2. The molecule has 0 atom stereocenters. The first-order valence-electron chi connectivity index (χ1n) is 6.51. The predicted octanol–water partition coefficient (Wildman–Crippen LogP) is 2.66. The minimum Gasteiger partial charge on any atom is -0.339 e. The lowest BCUT2D eigenvalue weighted by molar-refractivity contribution is 0.111. The van der Waals surface area contributed by atoms with Gasteiger partial charge >= 0.3 is 0 Å². The van der Waals surface area contributed by atoms with Gasteiger partial charge in [0.15, 0.2) is 6.29 Å². The van der Waals surface area contributed by atoms with E-state index in [1.54, 1.807) is 0 Å². The third-order valence-corrected chi connectivity index (χ3v) is 3.68. The molecule has 2 heterocycles. The molecule has 94 valence electrons. The maximum Gasteiger partial charge on any atom is 0.166 e. The number of aromatic nitrogens is 3. The molecule has 1 aliphatic carbocycles. The molecule has 0 bridgehead atoms. The summed E-state index contributed by atoms with van der Waals surface area (Å²) >= 11 is 0. The Kier molecular flexibility index (Phi) is 3.00. The fraction of sp³-hybridized carbons (Fsp3) is 0.429. The minimum atomic E-state index is 0.578. The maximum absolute atomic E-state index is 10.8. The molecule has 18 heavy (non-hydrogen) atoms. The molecule has 4 heteroatoms. The Labute approximate surface area is 106 Å². The van der Waals surface area contributed by atoms with Gasteiger partial charge in [0.25, 0.3) is 0 Å². The van der Waals surface area contributed by atoms with Crippen LogP contribution in [-0.4, -0.2) is 20.6 Å². The summed E-state index contributed by atoms with van der Waals surface area (Å²) in [6, 6.07) is 6.33. The fourth-order valence-electron chi connectivity index (χ4n) is 2.69. The van der Waals surface area contributed by atoms with Crippen LogP contribution in [0.15, 0.2) is 30.6 Å². The van der Waals surface area contributed by atoms with E-state index in [4.69, 9.17) is 0 Å². The van der Waals surface area contributed by atoms with Crippen molar-refractivity contribution in [3.8, 4) is 0 Å². The summed E-state index contributed by atoms with van der Waals surface area (Å²) in [5, 5.41) is 4.62. The molecule has 2 aromatic heterocycles. The van der Waals surface area contributed by atoms with Gasteiger partial charge < -0.3 is 4.57 Å². The zero-order chi connectivity index (χ0) is 12.4. The van der Waals surface area contributed by atoms with Gasteiger partial charge in [-0.2, -0.15) is 5.10 Å². The van der Waals surface area contributed by atoms with Crippen molar-refractivity contribution in [1.29, 1.82) is 0 Å². The molecule has 0 saturated heterocycles. The summed E-state index contributed by atoms with van der Waals surface area (Å²) in [4.78, 5) is 10.8. The molecule has 1 fully saturated rings. The first-order chi connectivity index (χ1) is 8.86. The molecular weight excluding hydrogens is 226 g/mol. The smallest absolute Gasteiger partial charge is 0.166 e. The SMILES string of the molecule is O=Cc1cccn1Cc1ccn(C2CCCC2)n1. The van der Waals surface area contributed by atoms with Gasteiger partial charge in [0.1, 0.15) is 0 Å². The van der Waals surface area contributed by atoms with Gasteiger partial charge in [-0.3, -0.25) is 9.48 Å². The van der Waals surface area contributed by atoms with E-state index in [1.165, 1.54) is 25.7 Å². The standard InChI is InChI=1S/C14H17N3O/c18-11-14-6-3-8-16(14)10-12-7-9-17(15-12)13-4-1-2-5-13/h3,6-9,11,13H,1-2,4-5,10H2. The van der Waals surface area contributed by atoms with Crippen LogP contribution in [0.4, 0.5) is 0 Å². The van der Waals surface area contributed by atoms with Crippen LogP contribution in [-0.2, 0) is 6.54 Å². The second-order valence-electron chi connectivity index (χ2n) is 4.90. The first-order valence-corrected chi connectivity index (χ1v) is 6.51. The topological polar surface area (TPSA) is 39.8 Å². The molecule has 0 aromatic carbocycles. The summed E-state index contributed by atoms with van der Waals surface area (Å²) < 4.78 is 4.01. The highest BCUT2D eigenvalue weighted by atomic mass is 16.1. The molecule has 0 N–H and O–H groups in total. The first kappa shape index (κ1) is 11.3. The molecule has 0 unspecified atom stereocenters. The maximum atomic E-state index is 10.8. The van der Waals surface area contributed by atoms with E-state index >= 15 is 0 Å². The summed E-state index contributed by atoms with van der Waals surface area (Å²) in [6.07, 6.45) is 9.97. The highest BCUT2D eigenvalue weighted by Crippen LogP contribution is 2.28. The molecule has 1 saturated carbocycles. The molecule has 0 spiro atoms. The van der Waals surface area contributed by atoms with Crippen LogP contribution in [0.1, 0.15) is 47.9 Å². The largest absolute Gasteiger partial charge is 0.339 e. The highest BCUT2D eigenvalue weighted by Gasteiger charge is 2.17. The van der Waals surface area contributed by atoms with Gasteiger partial charge in [-0.1, -0.05) is 12.8 Å². The molecule has 0 amide bonds. The van der Waals surface area contributed by atoms with Crippen molar-refractivity contribution in [2.45, 2.75) is 38.3 Å². The van der Waals surface area contributed by atoms with Crippen molar-refractivity contribution in [3.05, 3.63) is 42.0 Å². The van der Waals surface area contributed by atoms with E-state index in [-0.39, 0.29) is 0 Å². The lowest BCUT2D eigenvalue weighted by atomic mass is 10.3. The van der Waals surface area contributed by atoms with E-state index in [0.717, 1.165) is 12.0 Å². The van der Waals surface area contributed by atoms with Gasteiger partial charge in [-0.25, -0.2) is 0 Å². The van der Waals surface area contributed by atoms with Gasteiger partial charge in [0, 0.05) is 12.4 Å². The average Bonchev–Trinajstić information content (AvgIpc) is 3.10. The van der Waals surface area contributed by atoms with Crippen molar-refractivity contribution < 1.29 is 4.79 Å². The molecule has 0 aliphatic heterocycles. The van der Waals surface area contributed by atoms with Crippen LogP contribution >= 0.6 is 0 Å². The van der Waals surface area contributed by atoms with Crippen LogP contribution in [0.25, 0.3) is 0 Å². The second kappa shape index (κ2) is 4.80. The summed E-state index contributed by atoms with van der Waals surface area (Å²) in [6.45, 7) is 0.667. The summed E-state index contributed by atoms with van der Waals surface area (Å²) in [5.41, 5.74) is 1.71. The van der Waals surface area contributed by atoms with Crippen molar-refractivity contribution in [3.63, 3.8) is 0 Å². The number of hydrogen-bond donors (Lipinski definition) is 0. The predicted molar refractivity (Wildman–Crippen MR) is 68.7 cm³/mol. The minimum absolute atomic E-state index is 0.578. The van der Waals surface area contributed by atoms with Crippen LogP contribution in [0, 0.1) is 0 Å². The van der Waals surface area contributed by atoms with Gasteiger partial charge in [0.2, 0.25) is 0 Å². The third-order valence-electron chi connectivity index (χ3n) is 3.68. The van der Waals surface area contributed by atoms with E-state index in [2.05, 4.69) is 16.0 Å². The quantitative estimate of drug-likeness (QED) is 0.774. The Morgan fingerprint density at radius 2 is 2.11 bits per heavy atom. The van der Waals surface area contributed by atoms with Crippen LogP contribution in [0.5, 0.6) is 0 Å². The number of aldehydes is 1. The van der Waals surface area contributed by atoms with E-state index < -0.39 is 0 Å². The van der Waals surface area contributed by atoms with Gasteiger partial charge in [0.05, 0.1) is 24.0 Å². The highest BCUT2D eigenvalue weighted by molar-refractivity contribution is 5.72. The lowest BCUT2D eigenvalue weighted by Crippen LogP contribution is -2.07. The number of nitrogens with zero attached hydrogens (tertiary/aromatic N) is 3. The van der Waals surface area contributed by atoms with Crippen molar-refractivity contribution >= 4 is 6.29 Å². The Morgan fingerprint density at radius 1 is 1.28 bits per heavy atom. The lowest BCUT2D eigenvalue weighted by Gasteiger charge is -2.09. The Hall–Kier alpha value is -1.84. The number of rotatable bonds is 4. The molecule has 1 aliphatic rings. The van der Waals surface area contributed by atoms with Crippen molar-refractivity contribution in [1.82, 2.24) is 14.3 Å². The van der Waals surface area contributed by atoms with E-state index in [1.807, 2.05) is 29.0 Å². The van der Waals surface area contributed by atoms with Gasteiger partial charge in [-0.05, 0) is 31.0 Å². The molecule has 3 rings (SSSR count). The second-order valence-corrected chi connectivity index (χ2v) is 4.90. The zero-order valence-electron chi connectivity index (χ0n) is 10.3. The molecule has 0 radical (unpaired) electrons. The van der Waals surface area contributed by atoms with E-state index in [0.29, 0.717) is 18.3 Å². The van der Waals surface area contributed by atoms with Gasteiger partial charge in [-0.15, -0.1) is 0 Å². The fourth-order valence-corrected chi connectivity index (χ4v) is 2.69. The van der Waals surface area contributed by atoms with Crippen LogP contribution < -0.4 is 0 Å². The van der Waals surface area contributed by atoms with Crippen molar-refractivity contribution in [2.75, 3.05) is 0 Å². The normalized spacial score (nSPS) is 16.2. The van der Waals surface area contributed by atoms with E-state index in [9.17, 15) is 4.79 Å². The summed E-state index contributed by atoms with van der Waals surface area (Å²) in [5.74, 6) is 0. The molecular formula is C14H17N3O. The zero-order valence-corrected chi connectivity index (χ0v) is 10.3. The van der Waals surface area contributed by atoms with Crippen LogP contribution in [0.2, 0.25) is 0 Å². The van der Waals surface area contributed by atoms with Crippen molar-refractivity contribution in [2.24, 2.45) is 0 Å². The Morgan fingerprint density at radius 3 is 2.89 bits per heavy atom. The molecule has 4 nitrogen and oxygen atoms in total. The summed E-state index contributed by atoms with van der Waals surface area (Å²) in [7, 11) is 0. The number of carbonyl (C=O) groups is 1. The third kappa shape index (κ3) is 2.10.